The Morgan fingerprint density at radius 2 is 2.25 bits per heavy atom. The second-order valence-corrected chi connectivity index (χ2v) is 3.42. The molecule has 1 aromatic carbocycles. The summed E-state index contributed by atoms with van der Waals surface area (Å²) in [4.78, 5) is 0. The molecule has 0 fully saturated rings. The van der Waals surface area contributed by atoms with E-state index in [9.17, 15) is 5.11 Å². The van der Waals surface area contributed by atoms with Gasteiger partial charge in [0, 0.05) is 0 Å². The molecule has 3 heteroatoms. The zero-order valence-corrected chi connectivity index (χ0v) is 8.22. The van der Waals surface area contributed by atoms with E-state index < -0.39 is 0 Å². The lowest BCUT2D eigenvalue weighted by Crippen LogP contribution is -1.87. The zero-order chi connectivity index (χ0) is 9.14. The molecule has 0 spiro atoms. The molecule has 0 aliphatic heterocycles. The molecule has 0 amide bonds. The van der Waals surface area contributed by atoms with Crippen molar-refractivity contribution in [3.63, 3.8) is 0 Å². The van der Waals surface area contributed by atoms with Gasteiger partial charge in [-0.15, -0.1) is 0 Å². The highest BCUT2D eigenvalue weighted by Crippen LogP contribution is 2.27. The molecular weight excluding hydrogens is 218 g/mol. The summed E-state index contributed by atoms with van der Waals surface area (Å²) in [6, 6.07) is 5.49. The molecule has 0 radical (unpaired) electrons. The average molecular weight is 226 g/mol. The maximum absolute atomic E-state index is 9.26. The van der Waals surface area contributed by atoms with E-state index in [1.165, 1.54) is 0 Å². The van der Waals surface area contributed by atoms with Crippen molar-refractivity contribution in [3.8, 4) is 11.8 Å². The Hall–Kier alpha value is -1.01. The van der Waals surface area contributed by atoms with Gasteiger partial charge in [0.1, 0.15) is 5.75 Å². The van der Waals surface area contributed by atoms with E-state index in [4.69, 9.17) is 5.26 Å². The maximum Gasteiger partial charge on any atom is 0.130 e. The van der Waals surface area contributed by atoms with E-state index in [2.05, 4.69) is 22.0 Å². The quantitative estimate of drug-likeness (QED) is 0.799. The summed E-state index contributed by atoms with van der Waals surface area (Å²) in [6.45, 7) is 1.87. The SMILES string of the molecule is Cc1cc(O)c(Br)cc1CC#N. The number of phenols is 1. The number of aryl methyl sites for hydroxylation is 1. The normalized spacial score (nSPS) is 9.42. The van der Waals surface area contributed by atoms with Crippen molar-refractivity contribution in [2.24, 2.45) is 0 Å². The summed E-state index contributed by atoms with van der Waals surface area (Å²) < 4.78 is 0.637. The molecule has 0 saturated heterocycles. The van der Waals surface area contributed by atoms with Crippen molar-refractivity contribution >= 4 is 15.9 Å². The fourth-order valence-corrected chi connectivity index (χ4v) is 1.37. The Labute approximate surface area is 79.6 Å². The van der Waals surface area contributed by atoms with Crippen molar-refractivity contribution < 1.29 is 5.11 Å². The number of nitrogens with zero attached hydrogens (tertiary/aromatic N) is 1. The van der Waals surface area contributed by atoms with Crippen LogP contribution in [-0.2, 0) is 6.42 Å². The van der Waals surface area contributed by atoms with Crippen molar-refractivity contribution in [2.75, 3.05) is 0 Å². The topological polar surface area (TPSA) is 44.0 Å². The van der Waals surface area contributed by atoms with Crippen molar-refractivity contribution in [2.45, 2.75) is 13.3 Å². The minimum atomic E-state index is 0.217. The van der Waals surface area contributed by atoms with Gasteiger partial charge >= 0.3 is 0 Å². The van der Waals surface area contributed by atoms with Crippen LogP contribution in [0.25, 0.3) is 0 Å². The summed E-state index contributed by atoms with van der Waals surface area (Å²) >= 11 is 3.19. The van der Waals surface area contributed by atoms with Crippen LogP contribution in [0.4, 0.5) is 0 Å². The molecule has 1 rings (SSSR count). The Morgan fingerprint density at radius 3 is 2.83 bits per heavy atom. The first-order valence-corrected chi connectivity index (χ1v) is 4.29. The highest BCUT2D eigenvalue weighted by molar-refractivity contribution is 9.10. The Bertz CT molecular complexity index is 341. The summed E-state index contributed by atoms with van der Waals surface area (Å²) in [5.41, 5.74) is 1.89. The van der Waals surface area contributed by atoms with E-state index >= 15 is 0 Å². The molecule has 2 nitrogen and oxygen atoms in total. The Morgan fingerprint density at radius 1 is 1.58 bits per heavy atom. The lowest BCUT2D eigenvalue weighted by Gasteiger charge is -2.03. The fraction of sp³-hybridized carbons (Fsp3) is 0.222. The molecule has 0 bridgehead atoms. The first kappa shape index (κ1) is 9.08. The van der Waals surface area contributed by atoms with E-state index in [0.717, 1.165) is 11.1 Å². The van der Waals surface area contributed by atoms with E-state index in [0.29, 0.717) is 10.9 Å². The van der Waals surface area contributed by atoms with Crippen LogP contribution in [0.3, 0.4) is 0 Å². The number of hydrogen-bond acceptors (Lipinski definition) is 2. The predicted molar refractivity (Wildman–Crippen MR) is 49.9 cm³/mol. The minimum absolute atomic E-state index is 0.217. The lowest BCUT2D eigenvalue weighted by atomic mass is 10.1. The van der Waals surface area contributed by atoms with Gasteiger partial charge in [0.2, 0.25) is 0 Å². The van der Waals surface area contributed by atoms with Gasteiger partial charge in [0.15, 0.2) is 0 Å². The molecule has 0 heterocycles. The zero-order valence-electron chi connectivity index (χ0n) is 6.63. The average Bonchev–Trinajstić information content (AvgIpc) is 2.01. The molecule has 1 N–H and O–H groups in total. The van der Waals surface area contributed by atoms with Crippen LogP contribution in [-0.4, -0.2) is 5.11 Å². The van der Waals surface area contributed by atoms with Crippen LogP contribution >= 0.6 is 15.9 Å². The van der Waals surface area contributed by atoms with E-state index in [1.807, 2.05) is 6.92 Å². The third-order valence-corrected chi connectivity index (χ3v) is 2.31. The molecule has 0 unspecified atom stereocenters. The van der Waals surface area contributed by atoms with Gasteiger partial charge in [-0.2, -0.15) is 5.26 Å². The van der Waals surface area contributed by atoms with Crippen LogP contribution < -0.4 is 0 Å². The smallest absolute Gasteiger partial charge is 0.130 e. The maximum atomic E-state index is 9.26. The van der Waals surface area contributed by atoms with Crippen LogP contribution in [0, 0.1) is 18.3 Å². The number of rotatable bonds is 1. The van der Waals surface area contributed by atoms with Crippen molar-refractivity contribution in [3.05, 3.63) is 27.7 Å². The minimum Gasteiger partial charge on any atom is -0.507 e. The first-order chi connectivity index (χ1) is 5.65. The number of nitriles is 1. The van der Waals surface area contributed by atoms with Gasteiger partial charge in [0.05, 0.1) is 17.0 Å². The van der Waals surface area contributed by atoms with Gasteiger partial charge in [-0.25, -0.2) is 0 Å². The second kappa shape index (κ2) is 3.59. The molecule has 0 aromatic heterocycles. The molecule has 62 valence electrons. The third kappa shape index (κ3) is 1.77. The summed E-state index contributed by atoms with van der Waals surface area (Å²) in [7, 11) is 0. The van der Waals surface area contributed by atoms with Crippen LogP contribution in [0.2, 0.25) is 0 Å². The van der Waals surface area contributed by atoms with E-state index in [-0.39, 0.29) is 5.75 Å². The monoisotopic (exact) mass is 225 g/mol. The van der Waals surface area contributed by atoms with Crippen LogP contribution in [0.5, 0.6) is 5.75 Å². The van der Waals surface area contributed by atoms with Crippen LogP contribution in [0.15, 0.2) is 16.6 Å². The molecule has 0 saturated carbocycles. The highest BCUT2D eigenvalue weighted by atomic mass is 79.9. The van der Waals surface area contributed by atoms with E-state index in [1.54, 1.807) is 12.1 Å². The van der Waals surface area contributed by atoms with Gasteiger partial charge < -0.3 is 5.11 Å². The van der Waals surface area contributed by atoms with Crippen molar-refractivity contribution in [1.29, 1.82) is 5.26 Å². The van der Waals surface area contributed by atoms with Crippen molar-refractivity contribution in [1.82, 2.24) is 0 Å². The number of phenolic OH excluding ortho intramolecular Hbond substituents is 1. The summed E-state index contributed by atoms with van der Waals surface area (Å²) in [5.74, 6) is 0.217. The summed E-state index contributed by atoms with van der Waals surface area (Å²) in [6.07, 6.45) is 0.380. The Kier molecular flexibility index (Phi) is 2.72. The number of aromatic hydroxyl groups is 1. The fourth-order valence-electron chi connectivity index (χ4n) is 0.983. The molecule has 1 aromatic rings. The number of hydrogen-bond donors (Lipinski definition) is 1. The van der Waals surface area contributed by atoms with Gasteiger partial charge in [-0.3, -0.25) is 0 Å². The summed E-state index contributed by atoms with van der Waals surface area (Å²) in [5, 5.41) is 17.7. The second-order valence-electron chi connectivity index (χ2n) is 2.56. The van der Waals surface area contributed by atoms with Crippen LogP contribution in [0.1, 0.15) is 11.1 Å². The molecule has 0 atom stereocenters. The van der Waals surface area contributed by atoms with Gasteiger partial charge in [-0.05, 0) is 46.1 Å². The number of benzene rings is 1. The standard InChI is InChI=1S/C9H8BrNO/c1-6-4-9(12)8(10)5-7(6)2-3-11/h4-5,12H,2H2,1H3. The largest absolute Gasteiger partial charge is 0.507 e. The third-order valence-electron chi connectivity index (χ3n) is 1.67. The molecule has 12 heavy (non-hydrogen) atoms. The molecule has 0 aliphatic carbocycles. The number of halogens is 1. The highest BCUT2D eigenvalue weighted by Gasteiger charge is 2.03. The Balaban J connectivity index is 3.16. The van der Waals surface area contributed by atoms with Gasteiger partial charge in [0.25, 0.3) is 0 Å². The first-order valence-electron chi connectivity index (χ1n) is 3.50. The molecule has 0 aliphatic rings. The predicted octanol–water partition coefficient (Wildman–Crippen LogP) is 2.53. The molecular formula is C9H8BrNO. The van der Waals surface area contributed by atoms with Gasteiger partial charge in [-0.1, -0.05) is 0 Å². The lowest BCUT2D eigenvalue weighted by molar-refractivity contribution is 0.471.